The Morgan fingerprint density at radius 2 is 1.67 bits per heavy atom. The zero-order valence-electron chi connectivity index (χ0n) is 15.6. The highest BCUT2D eigenvalue weighted by atomic mass is 19.1. The summed E-state index contributed by atoms with van der Waals surface area (Å²) in [6.07, 6.45) is 4.76. The third kappa shape index (κ3) is 3.51. The third-order valence-electron chi connectivity index (χ3n) is 6.39. The molecule has 0 aromatic heterocycles. The molecule has 1 saturated carbocycles. The quantitative estimate of drug-likeness (QED) is 0.820. The molecule has 4 rings (SSSR count). The van der Waals surface area contributed by atoms with Crippen molar-refractivity contribution < 1.29 is 9.18 Å². The van der Waals surface area contributed by atoms with Crippen LogP contribution in [0.5, 0.6) is 0 Å². The van der Waals surface area contributed by atoms with Crippen LogP contribution < -0.4 is 10.6 Å². The number of nitrogens with one attached hydrogen (secondary N) is 2. The molecule has 0 radical (unpaired) electrons. The lowest BCUT2D eigenvalue weighted by atomic mass is 9.74. The van der Waals surface area contributed by atoms with E-state index in [1.165, 1.54) is 11.6 Å². The van der Waals surface area contributed by atoms with Crippen LogP contribution in [0.4, 0.5) is 4.39 Å². The molecule has 1 saturated heterocycles. The van der Waals surface area contributed by atoms with Crippen molar-refractivity contribution in [2.45, 2.75) is 37.5 Å². The Bertz CT molecular complexity index is 795. The smallest absolute Gasteiger partial charge is 0.229 e. The van der Waals surface area contributed by atoms with Crippen LogP contribution in [-0.4, -0.2) is 25.5 Å². The van der Waals surface area contributed by atoms with Crippen molar-refractivity contribution >= 4 is 5.91 Å². The molecule has 0 unspecified atom stereocenters. The molecule has 2 N–H and O–H groups in total. The van der Waals surface area contributed by atoms with E-state index < -0.39 is 5.41 Å². The molecule has 2 aliphatic rings. The molecule has 27 heavy (non-hydrogen) atoms. The van der Waals surface area contributed by atoms with Crippen LogP contribution in [0, 0.1) is 11.2 Å². The molecule has 3 nitrogen and oxygen atoms in total. The molecular weight excluding hydrogens is 339 g/mol. The van der Waals surface area contributed by atoms with Gasteiger partial charge in [0.15, 0.2) is 0 Å². The number of benzene rings is 2. The van der Waals surface area contributed by atoms with Gasteiger partial charge >= 0.3 is 0 Å². The van der Waals surface area contributed by atoms with Gasteiger partial charge in [-0.2, -0.15) is 0 Å². The topological polar surface area (TPSA) is 41.1 Å². The van der Waals surface area contributed by atoms with E-state index in [-0.39, 0.29) is 17.1 Å². The summed E-state index contributed by atoms with van der Waals surface area (Å²) in [7, 11) is 0. The highest BCUT2D eigenvalue weighted by molar-refractivity contribution is 5.84. The van der Waals surface area contributed by atoms with E-state index in [0.717, 1.165) is 37.7 Å². The lowest BCUT2D eigenvalue weighted by Crippen LogP contribution is -2.63. The lowest BCUT2D eigenvalue weighted by molar-refractivity contribution is -0.134. The monoisotopic (exact) mass is 366 g/mol. The van der Waals surface area contributed by atoms with Crippen molar-refractivity contribution in [3.63, 3.8) is 0 Å². The van der Waals surface area contributed by atoms with E-state index in [1.54, 1.807) is 6.07 Å². The number of hydrogen-bond donors (Lipinski definition) is 2. The number of rotatable bonds is 6. The molecule has 1 aliphatic heterocycles. The van der Waals surface area contributed by atoms with Gasteiger partial charge in [0.2, 0.25) is 5.91 Å². The van der Waals surface area contributed by atoms with Crippen LogP contribution in [0.25, 0.3) is 0 Å². The Morgan fingerprint density at radius 3 is 2.30 bits per heavy atom. The van der Waals surface area contributed by atoms with Gasteiger partial charge in [-0.15, -0.1) is 0 Å². The summed E-state index contributed by atoms with van der Waals surface area (Å²) >= 11 is 0. The van der Waals surface area contributed by atoms with Crippen molar-refractivity contribution in [2.75, 3.05) is 19.6 Å². The van der Waals surface area contributed by atoms with E-state index >= 15 is 0 Å². The van der Waals surface area contributed by atoms with Gasteiger partial charge in [0.05, 0.1) is 5.41 Å². The van der Waals surface area contributed by atoms with Crippen molar-refractivity contribution in [3.8, 4) is 0 Å². The summed E-state index contributed by atoms with van der Waals surface area (Å²) in [5.41, 5.74) is 1.27. The van der Waals surface area contributed by atoms with Crippen LogP contribution in [-0.2, 0) is 16.6 Å². The molecule has 1 aliphatic carbocycles. The predicted octanol–water partition coefficient (Wildman–Crippen LogP) is 3.59. The van der Waals surface area contributed by atoms with Crippen molar-refractivity contribution in [1.82, 2.24) is 10.6 Å². The normalized spacial score (nSPS) is 20.0. The van der Waals surface area contributed by atoms with Gasteiger partial charge in [0.1, 0.15) is 5.82 Å². The molecule has 0 bridgehead atoms. The molecule has 142 valence electrons. The maximum Gasteiger partial charge on any atom is 0.229 e. The number of amides is 1. The summed E-state index contributed by atoms with van der Waals surface area (Å²) < 4.78 is 14.5. The van der Waals surface area contributed by atoms with Gasteiger partial charge in [-0.05, 0) is 36.5 Å². The summed E-state index contributed by atoms with van der Waals surface area (Å²) in [5.74, 6) is -0.0642. The fourth-order valence-electron chi connectivity index (χ4n) is 4.70. The van der Waals surface area contributed by atoms with Gasteiger partial charge < -0.3 is 10.6 Å². The summed E-state index contributed by atoms with van der Waals surface area (Å²) in [6.45, 7) is 1.91. The average Bonchev–Trinajstić information content (AvgIpc) is 3.14. The van der Waals surface area contributed by atoms with Crippen molar-refractivity contribution in [1.29, 1.82) is 0 Å². The largest absolute Gasteiger partial charge is 0.355 e. The highest BCUT2D eigenvalue weighted by Crippen LogP contribution is 2.42. The molecule has 0 spiro atoms. The maximum absolute atomic E-state index is 14.5. The number of carbonyl (C=O) groups excluding carboxylic acids is 1. The molecule has 2 aromatic rings. The molecular formula is C23H27FN2O. The molecule has 1 heterocycles. The summed E-state index contributed by atoms with van der Waals surface area (Å²) in [4.78, 5) is 13.1. The minimum absolute atomic E-state index is 0.0905. The molecule has 2 fully saturated rings. The first kappa shape index (κ1) is 18.2. The van der Waals surface area contributed by atoms with Crippen molar-refractivity contribution in [2.24, 2.45) is 5.41 Å². The Hall–Kier alpha value is -2.20. The Kier molecular flexibility index (Phi) is 5.00. The lowest BCUT2D eigenvalue weighted by Gasteiger charge is -2.42. The zero-order chi connectivity index (χ0) is 18.7. The second-order valence-electron chi connectivity index (χ2n) is 8.20. The third-order valence-corrected chi connectivity index (χ3v) is 6.39. The first-order chi connectivity index (χ1) is 13.1. The van der Waals surface area contributed by atoms with E-state index in [0.29, 0.717) is 19.6 Å². The Morgan fingerprint density at radius 1 is 1.00 bits per heavy atom. The van der Waals surface area contributed by atoms with E-state index in [2.05, 4.69) is 22.8 Å². The van der Waals surface area contributed by atoms with E-state index in [9.17, 15) is 9.18 Å². The van der Waals surface area contributed by atoms with Crippen LogP contribution in [0.1, 0.15) is 36.8 Å². The van der Waals surface area contributed by atoms with E-state index in [1.807, 2.05) is 30.3 Å². The van der Waals surface area contributed by atoms with E-state index in [4.69, 9.17) is 0 Å². The molecule has 4 heteroatoms. The highest BCUT2D eigenvalue weighted by Gasteiger charge is 2.45. The Balaban J connectivity index is 1.49. The number of carbonyl (C=O) groups is 1. The minimum atomic E-state index is -0.392. The average molecular weight is 366 g/mol. The number of halogens is 1. The first-order valence-corrected chi connectivity index (χ1v) is 9.92. The maximum atomic E-state index is 14.5. The van der Waals surface area contributed by atoms with Crippen molar-refractivity contribution in [3.05, 3.63) is 71.5 Å². The Labute approximate surface area is 160 Å². The van der Waals surface area contributed by atoms with Crippen LogP contribution in [0.15, 0.2) is 54.6 Å². The fourth-order valence-corrected chi connectivity index (χ4v) is 4.70. The number of hydrogen-bond acceptors (Lipinski definition) is 2. The minimum Gasteiger partial charge on any atom is -0.355 e. The van der Waals surface area contributed by atoms with Gasteiger partial charge in [0, 0.05) is 25.0 Å². The SMILES string of the molecule is O=C(NCC1(c2ccccc2F)CCCC1)C1(Cc2ccccc2)CNC1. The second kappa shape index (κ2) is 7.43. The molecule has 2 aromatic carbocycles. The summed E-state index contributed by atoms with van der Waals surface area (Å²) in [5, 5.41) is 6.47. The second-order valence-corrected chi connectivity index (χ2v) is 8.20. The van der Waals surface area contributed by atoms with Gasteiger partial charge in [0.25, 0.3) is 0 Å². The first-order valence-electron chi connectivity index (χ1n) is 9.92. The fraction of sp³-hybridized carbons (Fsp3) is 0.435. The zero-order valence-corrected chi connectivity index (χ0v) is 15.6. The van der Waals surface area contributed by atoms with Gasteiger partial charge in [-0.25, -0.2) is 4.39 Å². The predicted molar refractivity (Wildman–Crippen MR) is 105 cm³/mol. The van der Waals surface area contributed by atoms with Gasteiger partial charge in [-0.1, -0.05) is 61.4 Å². The van der Waals surface area contributed by atoms with Crippen LogP contribution in [0.3, 0.4) is 0 Å². The summed E-state index contributed by atoms with van der Waals surface area (Å²) in [6, 6.07) is 17.2. The van der Waals surface area contributed by atoms with Crippen LogP contribution in [0.2, 0.25) is 0 Å². The molecule has 1 amide bonds. The molecule has 0 atom stereocenters. The van der Waals surface area contributed by atoms with Crippen LogP contribution >= 0.6 is 0 Å². The van der Waals surface area contributed by atoms with Gasteiger partial charge in [-0.3, -0.25) is 4.79 Å². The standard InChI is InChI=1S/C23H27FN2O/c24-20-11-5-4-10-19(20)22(12-6-7-13-22)17-26-21(27)23(15-25-16-23)14-18-8-2-1-3-9-18/h1-5,8-11,25H,6-7,12-17H2,(H,26,27).